The Morgan fingerprint density at radius 3 is 1.00 bits per heavy atom. The maximum absolute atomic E-state index is 12.8. The first-order valence-electron chi connectivity index (χ1n) is 27.6. The van der Waals surface area contributed by atoms with Gasteiger partial charge >= 0.3 is 11.9 Å². The van der Waals surface area contributed by atoms with Gasteiger partial charge in [0.1, 0.15) is 12.2 Å². The molecule has 1 N–H and O–H groups in total. The van der Waals surface area contributed by atoms with Crippen LogP contribution in [0.5, 0.6) is 0 Å². The van der Waals surface area contributed by atoms with Crippen molar-refractivity contribution in [3.63, 3.8) is 0 Å². The second-order valence-electron chi connectivity index (χ2n) is 18.4. The first kappa shape index (κ1) is 63.7. The number of ether oxygens (including phenoxy) is 7. The predicted octanol–water partition coefficient (Wildman–Crippen LogP) is 12.8. The number of unbranched alkanes of at least 4 members (excludes halogenated alkanes) is 24. The summed E-state index contributed by atoms with van der Waals surface area (Å²) in [5.41, 5.74) is 0. The molecule has 0 fully saturated rings. The highest BCUT2D eigenvalue weighted by Crippen LogP contribution is 2.13. The average Bonchev–Trinajstić information content (AvgIpc) is 3.30. The zero-order chi connectivity index (χ0) is 47.4. The van der Waals surface area contributed by atoms with E-state index < -0.39 is 0 Å². The van der Waals surface area contributed by atoms with Crippen molar-refractivity contribution >= 4 is 11.9 Å². The van der Waals surface area contributed by atoms with Crippen molar-refractivity contribution < 1.29 is 47.9 Å². The molecule has 0 spiro atoms. The normalized spacial score (nSPS) is 11.8. The largest absolute Gasteiger partial charge is 0.457 e. The van der Waals surface area contributed by atoms with Crippen LogP contribution in [-0.2, 0) is 42.7 Å². The zero-order valence-electron chi connectivity index (χ0n) is 43.3. The Labute approximate surface area is 401 Å². The molecule has 0 saturated heterocycles. The monoisotopic (exact) mass is 930 g/mol. The molecule has 11 heteroatoms. The van der Waals surface area contributed by atoms with E-state index in [1.54, 1.807) is 0 Å². The van der Waals surface area contributed by atoms with E-state index in [2.05, 4.69) is 32.6 Å². The second-order valence-corrected chi connectivity index (χ2v) is 18.4. The summed E-state index contributed by atoms with van der Waals surface area (Å²) in [6, 6.07) is 0. The fraction of sp³-hybridized carbons (Fsp3) is 0.963. The molecule has 0 atom stereocenters. The van der Waals surface area contributed by atoms with Crippen LogP contribution in [-0.4, -0.2) is 126 Å². The summed E-state index contributed by atoms with van der Waals surface area (Å²) >= 11 is 0. The van der Waals surface area contributed by atoms with Gasteiger partial charge in [-0.3, -0.25) is 9.59 Å². The molecule has 0 aliphatic carbocycles. The van der Waals surface area contributed by atoms with E-state index >= 15 is 0 Å². The Bertz CT molecular complexity index is 854. The number of carbonyl (C=O) groups is 2. The molecule has 0 heterocycles. The van der Waals surface area contributed by atoms with Gasteiger partial charge in [0.15, 0.2) is 0 Å². The summed E-state index contributed by atoms with van der Waals surface area (Å²) in [6.45, 7) is 17.2. The Balaban J connectivity index is 4.48. The van der Waals surface area contributed by atoms with Crippen LogP contribution in [0.1, 0.15) is 233 Å². The van der Waals surface area contributed by atoms with Crippen molar-refractivity contribution in [2.24, 2.45) is 0 Å². The van der Waals surface area contributed by atoms with Gasteiger partial charge < -0.3 is 43.2 Å². The number of hydrogen-bond donors (Lipinski definition) is 1. The van der Waals surface area contributed by atoms with Crippen LogP contribution in [0.3, 0.4) is 0 Å². The first-order valence-corrected chi connectivity index (χ1v) is 27.6. The minimum absolute atomic E-state index is 0.0439. The third-order valence-electron chi connectivity index (χ3n) is 11.9. The van der Waals surface area contributed by atoms with E-state index in [1.165, 1.54) is 103 Å². The lowest BCUT2D eigenvalue weighted by Crippen LogP contribution is -2.30. The van der Waals surface area contributed by atoms with Crippen LogP contribution < -0.4 is 0 Å². The van der Waals surface area contributed by atoms with Crippen LogP contribution in [0.15, 0.2) is 0 Å². The van der Waals surface area contributed by atoms with Crippen molar-refractivity contribution in [1.82, 2.24) is 4.90 Å². The van der Waals surface area contributed by atoms with Crippen molar-refractivity contribution in [2.75, 3.05) is 92.3 Å². The lowest BCUT2D eigenvalue weighted by Gasteiger charge is -2.22. The summed E-state index contributed by atoms with van der Waals surface area (Å²) in [7, 11) is 0. The molecule has 0 amide bonds. The average molecular weight is 930 g/mol. The van der Waals surface area contributed by atoms with Gasteiger partial charge in [0, 0.05) is 45.8 Å². The Morgan fingerprint density at radius 1 is 0.354 bits per heavy atom. The first-order chi connectivity index (χ1) is 32.0. The summed E-state index contributed by atoms with van der Waals surface area (Å²) < 4.78 is 41.0. The van der Waals surface area contributed by atoms with Crippen molar-refractivity contribution in [3.8, 4) is 0 Å². The molecule has 65 heavy (non-hydrogen) atoms. The number of esters is 2. The Kier molecular flexibility index (Phi) is 52.5. The highest BCUT2D eigenvalue weighted by Gasteiger charge is 2.17. The molecule has 0 aliphatic rings. The van der Waals surface area contributed by atoms with Crippen LogP contribution in [0, 0.1) is 0 Å². The van der Waals surface area contributed by atoms with E-state index in [-0.39, 0.29) is 30.8 Å². The quantitative estimate of drug-likeness (QED) is 0.0463. The highest BCUT2D eigenvalue weighted by atomic mass is 16.6. The molecule has 0 unspecified atom stereocenters. The number of aliphatic hydroxyl groups is 1. The van der Waals surface area contributed by atoms with Crippen molar-refractivity contribution in [3.05, 3.63) is 0 Å². The minimum Gasteiger partial charge on any atom is -0.457 e. The second kappa shape index (κ2) is 53.6. The third kappa shape index (κ3) is 48.9. The van der Waals surface area contributed by atoms with Crippen LogP contribution in [0.2, 0.25) is 0 Å². The Morgan fingerprint density at radius 2 is 0.662 bits per heavy atom. The van der Waals surface area contributed by atoms with Gasteiger partial charge in [-0.2, -0.15) is 0 Å². The molecule has 0 aromatic heterocycles. The van der Waals surface area contributed by atoms with Crippen LogP contribution in [0.25, 0.3) is 0 Å². The molecule has 388 valence electrons. The van der Waals surface area contributed by atoms with Gasteiger partial charge in [0.2, 0.25) is 0 Å². The van der Waals surface area contributed by atoms with Crippen LogP contribution in [0.4, 0.5) is 0 Å². The van der Waals surface area contributed by atoms with E-state index in [0.717, 1.165) is 110 Å². The van der Waals surface area contributed by atoms with Gasteiger partial charge in [0.25, 0.3) is 0 Å². The fourth-order valence-corrected chi connectivity index (χ4v) is 7.78. The molecule has 0 radical (unpaired) electrons. The number of carbonyl (C=O) groups excluding carboxylic acids is 2. The number of hydrogen-bond acceptors (Lipinski definition) is 11. The van der Waals surface area contributed by atoms with E-state index in [0.29, 0.717) is 78.9 Å². The standard InChI is InChI=1S/C54H107NO10/c1-5-9-13-23-31-41-60-47-51(48-61-42-32-24-14-10-6-2)64-53(57)35-27-19-17-21-29-37-55(39-45-59-46-40-56)38-30-22-18-20-28-36-54(58)65-52(49-62-43-33-25-15-11-7-3)50-63-44-34-26-16-12-8-4/h51-52,56H,5-50H2,1-4H3. The van der Waals surface area contributed by atoms with Crippen LogP contribution >= 0.6 is 0 Å². The lowest BCUT2D eigenvalue weighted by molar-refractivity contribution is -0.157. The van der Waals surface area contributed by atoms with Gasteiger partial charge in [-0.1, -0.05) is 169 Å². The zero-order valence-corrected chi connectivity index (χ0v) is 43.3. The summed E-state index contributed by atoms with van der Waals surface area (Å²) in [5.74, 6) is -0.298. The smallest absolute Gasteiger partial charge is 0.306 e. The molecule has 0 aromatic carbocycles. The molecular formula is C54H107NO10. The molecule has 0 saturated carbocycles. The maximum Gasteiger partial charge on any atom is 0.306 e. The van der Waals surface area contributed by atoms with Gasteiger partial charge in [0.05, 0.1) is 46.2 Å². The fourth-order valence-electron chi connectivity index (χ4n) is 7.78. The maximum atomic E-state index is 12.8. The van der Waals surface area contributed by atoms with E-state index in [1.807, 2.05) is 0 Å². The topological polar surface area (TPSA) is 122 Å². The predicted molar refractivity (Wildman–Crippen MR) is 268 cm³/mol. The van der Waals surface area contributed by atoms with E-state index in [9.17, 15) is 9.59 Å². The van der Waals surface area contributed by atoms with Gasteiger partial charge in [-0.25, -0.2) is 0 Å². The van der Waals surface area contributed by atoms with E-state index in [4.69, 9.17) is 38.3 Å². The molecule has 0 aliphatic heterocycles. The number of nitrogens with zero attached hydrogens (tertiary/aromatic N) is 1. The highest BCUT2D eigenvalue weighted by molar-refractivity contribution is 5.69. The number of aliphatic hydroxyl groups excluding tert-OH is 1. The Hall–Kier alpha value is -1.34. The van der Waals surface area contributed by atoms with Gasteiger partial charge in [-0.15, -0.1) is 0 Å². The van der Waals surface area contributed by atoms with Crippen molar-refractivity contribution in [1.29, 1.82) is 0 Å². The number of rotatable bonds is 55. The molecule has 0 bridgehead atoms. The molecule has 0 rings (SSSR count). The molecule has 11 nitrogen and oxygen atoms in total. The third-order valence-corrected chi connectivity index (χ3v) is 11.9. The molecular weight excluding hydrogens is 823 g/mol. The minimum atomic E-state index is -0.344. The lowest BCUT2D eigenvalue weighted by atomic mass is 10.1. The summed E-state index contributed by atoms with van der Waals surface area (Å²) in [6.07, 6.45) is 34.4. The summed E-state index contributed by atoms with van der Waals surface area (Å²) in [5, 5.41) is 9.15. The van der Waals surface area contributed by atoms with Gasteiger partial charge in [-0.05, 0) is 64.5 Å². The summed E-state index contributed by atoms with van der Waals surface area (Å²) in [4.78, 5) is 28.1. The molecule has 0 aromatic rings. The SMILES string of the molecule is CCCCCCCOCC(COCCCCCCC)OC(=O)CCCCCCCN(CCCCCCCC(=O)OC(COCCCCCCC)COCCCCCCC)CCOCCO. The van der Waals surface area contributed by atoms with Crippen molar-refractivity contribution in [2.45, 2.75) is 245 Å².